The Labute approximate surface area is 259 Å². The first kappa shape index (κ1) is 32.8. The highest BCUT2D eigenvalue weighted by Crippen LogP contribution is 2.37. The molecule has 1 aliphatic rings. The zero-order chi connectivity index (χ0) is 32.7. The fourth-order valence-electron chi connectivity index (χ4n) is 5.31. The van der Waals surface area contributed by atoms with Crippen LogP contribution in [0.2, 0.25) is 5.02 Å². The average molecular weight is 633 g/mol. The first-order valence-corrected chi connectivity index (χ1v) is 14.7. The predicted octanol–water partition coefficient (Wildman–Crippen LogP) is 5.33. The average Bonchev–Trinajstić information content (AvgIpc) is 3.20. The number of alkyl carbamates (subject to hydrolysis) is 1. The van der Waals surface area contributed by atoms with Crippen LogP contribution in [0, 0.1) is 5.82 Å². The fraction of sp³-hybridized carbons (Fsp3) is 0.484. The number of benzene rings is 1. The van der Waals surface area contributed by atoms with E-state index < -0.39 is 40.6 Å². The van der Waals surface area contributed by atoms with Crippen molar-refractivity contribution in [2.24, 2.45) is 7.05 Å². The van der Waals surface area contributed by atoms with Crippen molar-refractivity contribution >= 4 is 46.4 Å². The lowest BCUT2D eigenvalue weighted by Gasteiger charge is -2.36. The van der Waals surface area contributed by atoms with Crippen molar-refractivity contribution in [1.82, 2.24) is 14.5 Å². The molecular formula is C31H38ClFN4O7. The number of anilines is 1. The third-order valence-corrected chi connectivity index (χ3v) is 7.39. The van der Waals surface area contributed by atoms with Crippen molar-refractivity contribution in [2.75, 3.05) is 18.0 Å². The van der Waals surface area contributed by atoms with Gasteiger partial charge in [0.2, 0.25) is 0 Å². The second-order valence-corrected chi connectivity index (χ2v) is 13.3. The molecule has 13 heteroatoms. The van der Waals surface area contributed by atoms with E-state index in [1.807, 2.05) is 4.90 Å². The normalized spacial score (nSPS) is 15.8. The van der Waals surface area contributed by atoms with Gasteiger partial charge in [-0.1, -0.05) is 11.6 Å². The van der Waals surface area contributed by atoms with Gasteiger partial charge in [-0.05, 0) is 84.2 Å². The Bertz CT molecular complexity index is 1680. The molecule has 2 N–H and O–H groups in total. The van der Waals surface area contributed by atoms with Crippen molar-refractivity contribution in [3.8, 4) is 0 Å². The third kappa shape index (κ3) is 7.18. The Kier molecular flexibility index (Phi) is 9.06. The van der Waals surface area contributed by atoms with E-state index in [9.17, 15) is 28.7 Å². The second kappa shape index (κ2) is 12.1. The Balaban J connectivity index is 1.99. The number of piperidine rings is 1. The number of pyridine rings is 1. The standard InChI is InChI=1S/C31H38ClFN4O7/c1-30(2,3)43-28(41)23-20-14-22(27(39)40)35(7)26(38)24(20)37(15-17-13-18(33)10-11-21(17)32)25(23)36-12-8-9-19(16-36)34-29(42)44-31(4,5)6/h10-11,13-14,19H,8-9,12,15-16H2,1-7H3,(H,34,42)(H,39,40)/t19-/m1/s1. The number of carboxylic acid groups (broad SMARTS) is 1. The number of ether oxygens (including phenoxy) is 2. The molecule has 44 heavy (non-hydrogen) atoms. The number of hydrogen-bond acceptors (Lipinski definition) is 7. The van der Waals surface area contributed by atoms with Gasteiger partial charge >= 0.3 is 18.0 Å². The summed E-state index contributed by atoms with van der Waals surface area (Å²) < 4.78 is 28.1. The Morgan fingerprint density at radius 2 is 1.75 bits per heavy atom. The fourth-order valence-corrected chi connectivity index (χ4v) is 5.49. The monoisotopic (exact) mass is 632 g/mol. The number of aromatic carboxylic acids is 1. The van der Waals surface area contributed by atoms with Crippen LogP contribution in [-0.4, -0.2) is 62.6 Å². The summed E-state index contributed by atoms with van der Waals surface area (Å²) in [6.45, 7) is 10.9. The molecule has 0 unspecified atom stereocenters. The van der Waals surface area contributed by atoms with Gasteiger partial charge in [-0.25, -0.2) is 18.8 Å². The zero-order valence-corrected chi connectivity index (χ0v) is 26.7. The number of aromatic nitrogens is 2. The molecule has 1 aromatic carbocycles. The Hall–Kier alpha value is -4.06. The highest BCUT2D eigenvalue weighted by molar-refractivity contribution is 6.31. The SMILES string of the molecule is Cn1c(C(=O)O)cc2c(C(=O)OC(C)(C)C)c(N3CCC[C@@H](NC(=O)OC(C)(C)C)C3)n(Cc3cc(F)ccc3Cl)c2c1=O. The van der Waals surface area contributed by atoms with Crippen LogP contribution in [0.5, 0.6) is 0 Å². The summed E-state index contributed by atoms with van der Waals surface area (Å²) in [7, 11) is 1.33. The maximum Gasteiger partial charge on any atom is 0.407 e. The highest BCUT2D eigenvalue weighted by atomic mass is 35.5. The molecule has 1 atom stereocenters. The number of rotatable bonds is 6. The zero-order valence-electron chi connectivity index (χ0n) is 25.9. The van der Waals surface area contributed by atoms with Crippen molar-refractivity contribution < 1.29 is 33.4 Å². The summed E-state index contributed by atoms with van der Waals surface area (Å²) in [6.07, 6.45) is 0.636. The summed E-state index contributed by atoms with van der Waals surface area (Å²) in [5.41, 5.74) is -2.29. The first-order valence-electron chi connectivity index (χ1n) is 14.3. The van der Waals surface area contributed by atoms with Crippen LogP contribution in [0.3, 0.4) is 0 Å². The summed E-state index contributed by atoms with van der Waals surface area (Å²) in [5.74, 6) is -2.41. The largest absolute Gasteiger partial charge is 0.477 e. The van der Waals surface area contributed by atoms with Gasteiger partial charge in [0.25, 0.3) is 5.56 Å². The Morgan fingerprint density at radius 3 is 2.36 bits per heavy atom. The number of carboxylic acids is 1. The molecule has 11 nitrogen and oxygen atoms in total. The third-order valence-electron chi connectivity index (χ3n) is 7.02. The number of carbonyl (C=O) groups is 3. The number of halogens is 2. The molecule has 0 aliphatic carbocycles. The van der Waals surface area contributed by atoms with Crippen molar-refractivity contribution in [3.05, 3.63) is 62.3 Å². The van der Waals surface area contributed by atoms with Crippen LogP contribution in [0.25, 0.3) is 10.9 Å². The van der Waals surface area contributed by atoms with Gasteiger partial charge in [-0.15, -0.1) is 0 Å². The van der Waals surface area contributed by atoms with Crippen LogP contribution in [0.15, 0.2) is 29.1 Å². The minimum atomic E-state index is -1.36. The van der Waals surface area contributed by atoms with Crippen LogP contribution in [0.1, 0.15) is 80.8 Å². The molecule has 1 saturated heterocycles. The lowest BCUT2D eigenvalue weighted by Crippen LogP contribution is -2.49. The minimum Gasteiger partial charge on any atom is -0.477 e. The van der Waals surface area contributed by atoms with E-state index in [0.717, 1.165) is 4.57 Å². The van der Waals surface area contributed by atoms with E-state index in [1.165, 1.54) is 31.3 Å². The smallest absolute Gasteiger partial charge is 0.407 e. The molecule has 238 valence electrons. The van der Waals surface area contributed by atoms with Crippen molar-refractivity contribution in [3.63, 3.8) is 0 Å². The number of esters is 1. The van der Waals surface area contributed by atoms with Gasteiger partial charge in [0.1, 0.15) is 39.6 Å². The summed E-state index contributed by atoms with van der Waals surface area (Å²) in [5, 5.41) is 13.1. The van der Waals surface area contributed by atoms with E-state index in [2.05, 4.69) is 5.32 Å². The van der Waals surface area contributed by atoms with Gasteiger partial charge in [0, 0.05) is 36.6 Å². The predicted molar refractivity (Wildman–Crippen MR) is 164 cm³/mol. The maximum atomic E-state index is 14.4. The summed E-state index contributed by atoms with van der Waals surface area (Å²) >= 11 is 6.46. The minimum absolute atomic E-state index is 0.0134. The molecule has 3 aromatic rings. The molecule has 2 aromatic heterocycles. The quantitative estimate of drug-likeness (QED) is 0.349. The van der Waals surface area contributed by atoms with E-state index in [0.29, 0.717) is 24.9 Å². The molecule has 0 spiro atoms. The van der Waals surface area contributed by atoms with Gasteiger partial charge in [-0.2, -0.15) is 0 Å². The highest BCUT2D eigenvalue weighted by Gasteiger charge is 2.35. The molecule has 0 bridgehead atoms. The van der Waals surface area contributed by atoms with Gasteiger partial charge in [0.05, 0.1) is 6.54 Å². The lowest BCUT2D eigenvalue weighted by molar-refractivity contribution is 0.00714. The van der Waals surface area contributed by atoms with Crippen LogP contribution in [0.4, 0.5) is 15.0 Å². The van der Waals surface area contributed by atoms with E-state index in [4.69, 9.17) is 21.1 Å². The topological polar surface area (TPSA) is 132 Å². The first-order chi connectivity index (χ1) is 20.4. The molecule has 0 radical (unpaired) electrons. The number of hydrogen-bond donors (Lipinski definition) is 2. The van der Waals surface area contributed by atoms with E-state index >= 15 is 0 Å². The molecule has 3 heterocycles. The van der Waals surface area contributed by atoms with Crippen LogP contribution >= 0.6 is 11.6 Å². The van der Waals surface area contributed by atoms with Crippen LogP contribution < -0.4 is 15.8 Å². The van der Waals surface area contributed by atoms with Gasteiger partial charge in [0.15, 0.2) is 0 Å². The van der Waals surface area contributed by atoms with Crippen molar-refractivity contribution in [1.29, 1.82) is 0 Å². The molecule has 0 saturated carbocycles. The van der Waals surface area contributed by atoms with Gasteiger partial charge in [-0.3, -0.25) is 4.79 Å². The molecule has 4 rings (SSSR count). The molecule has 1 fully saturated rings. The summed E-state index contributed by atoms with van der Waals surface area (Å²) in [6, 6.07) is 4.74. The number of fused-ring (bicyclic) bond motifs is 1. The van der Waals surface area contributed by atoms with Gasteiger partial charge < -0.3 is 33.9 Å². The second-order valence-electron chi connectivity index (χ2n) is 12.9. The molecule has 1 aliphatic heterocycles. The lowest BCUT2D eigenvalue weighted by atomic mass is 10.0. The van der Waals surface area contributed by atoms with E-state index in [1.54, 1.807) is 46.1 Å². The number of carbonyl (C=O) groups excluding carboxylic acids is 2. The van der Waals surface area contributed by atoms with Crippen LogP contribution in [-0.2, 0) is 23.1 Å². The van der Waals surface area contributed by atoms with Crippen molar-refractivity contribution in [2.45, 2.75) is 78.2 Å². The van der Waals surface area contributed by atoms with E-state index in [-0.39, 0.29) is 52.1 Å². The summed E-state index contributed by atoms with van der Waals surface area (Å²) in [4.78, 5) is 54.4. The molecule has 1 amide bonds. The number of nitrogens with one attached hydrogen (secondary N) is 1. The number of nitrogens with zero attached hydrogens (tertiary/aromatic N) is 3. The Morgan fingerprint density at radius 1 is 1.09 bits per heavy atom. The molecular weight excluding hydrogens is 595 g/mol. The maximum absolute atomic E-state index is 14.4. The number of amides is 1.